The summed E-state index contributed by atoms with van der Waals surface area (Å²) in [5.41, 5.74) is 5.69. The maximum atomic E-state index is 13.2. The third-order valence-corrected chi connectivity index (χ3v) is 11.2. The van der Waals surface area contributed by atoms with E-state index in [0.29, 0.717) is 74.4 Å². The summed E-state index contributed by atoms with van der Waals surface area (Å²) in [5.74, 6) is 1.96. The van der Waals surface area contributed by atoms with Crippen LogP contribution in [0.3, 0.4) is 0 Å². The van der Waals surface area contributed by atoms with Gasteiger partial charge < -0.3 is 38.9 Å². The van der Waals surface area contributed by atoms with E-state index in [4.69, 9.17) is 9.47 Å². The molecule has 0 bridgehead atoms. The number of hydrogen-bond donors (Lipinski definition) is 0. The van der Waals surface area contributed by atoms with Gasteiger partial charge in [-0.15, -0.1) is 0 Å². The Labute approximate surface area is 341 Å². The number of ether oxygens (including phenoxy) is 2. The first kappa shape index (κ1) is 41.2. The number of ketones is 2. The molecular formula is C44H56N8O6. The van der Waals surface area contributed by atoms with E-state index < -0.39 is 0 Å². The Morgan fingerprint density at radius 1 is 0.621 bits per heavy atom. The zero-order chi connectivity index (χ0) is 40.8. The van der Waals surface area contributed by atoms with Gasteiger partial charge in [-0.1, -0.05) is 36.4 Å². The van der Waals surface area contributed by atoms with E-state index in [0.717, 1.165) is 50.6 Å². The predicted octanol–water partition coefficient (Wildman–Crippen LogP) is 3.31. The van der Waals surface area contributed by atoms with Crippen molar-refractivity contribution in [2.75, 3.05) is 117 Å². The molecule has 2 aromatic carbocycles. The molecule has 0 radical (unpaired) electrons. The predicted molar refractivity (Wildman–Crippen MR) is 224 cm³/mol. The van der Waals surface area contributed by atoms with Crippen molar-refractivity contribution in [2.45, 2.75) is 37.5 Å². The number of morpholine rings is 2. The maximum Gasteiger partial charge on any atom is 0.232 e. The second-order valence-electron chi connectivity index (χ2n) is 16.2. The van der Waals surface area contributed by atoms with Gasteiger partial charge >= 0.3 is 0 Å². The number of fused-ring (bicyclic) bond motifs is 2. The van der Waals surface area contributed by atoms with Crippen LogP contribution >= 0.6 is 0 Å². The Balaban J connectivity index is 0.000000177. The monoisotopic (exact) mass is 792 g/mol. The lowest BCUT2D eigenvalue weighted by atomic mass is 10.0. The first-order valence-corrected chi connectivity index (χ1v) is 20.4. The Morgan fingerprint density at radius 2 is 1.00 bits per heavy atom. The summed E-state index contributed by atoms with van der Waals surface area (Å²) in [6, 6.07) is 16.2. The van der Waals surface area contributed by atoms with Gasteiger partial charge in [0.15, 0.2) is 11.6 Å². The molecule has 0 saturated carbocycles. The number of nitrogens with zero attached hydrogens (tertiary/aromatic N) is 8. The topological polar surface area (TPSA) is 131 Å². The van der Waals surface area contributed by atoms with Crippen molar-refractivity contribution < 1.29 is 28.7 Å². The zero-order valence-electron chi connectivity index (χ0n) is 34.3. The molecule has 2 aromatic rings. The Hall–Kier alpha value is -5.02. The largest absolute Gasteiger partial charge is 0.378 e. The molecule has 0 N–H and O–H groups in total. The highest BCUT2D eigenvalue weighted by atomic mass is 16.5. The van der Waals surface area contributed by atoms with Gasteiger partial charge in [-0.3, -0.25) is 19.2 Å². The van der Waals surface area contributed by atoms with Crippen LogP contribution < -0.4 is 9.80 Å². The van der Waals surface area contributed by atoms with Crippen molar-refractivity contribution in [3.63, 3.8) is 0 Å². The van der Waals surface area contributed by atoms with Crippen molar-refractivity contribution in [1.82, 2.24) is 19.6 Å². The summed E-state index contributed by atoms with van der Waals surface area (Å²) < 4.78 is 10.8. The standard InChI is InChI=1S/2C22H28N4O3/c2*1-24(2)14-16-15-26(20-6-4-3-5-19(16)20)22(28)12-17-11-18(27)13-21(23-17)25-7-9-29-10-8-25/h2*3-6,13,16H,7-12,14-15H2,1-2H3/t2*16-/m10/s1. The summed E-state index contributed by atoms with van der Waals surface area (Å²) in [6.07, 6.45) is 3.98. The van der Waals surface area contributed by atoms with Gasteiger partial charge in [0.25, 0.3) is 0 Å². The molecule has 2 fully saturated rings. The Bertz CT molecular complexity index is 1850. The summed E-state index contributed by atoms with van der Waals surface area (Å²) in [4.78, 5) is 72.3. The smallest absolute Gasteiger partial charge is 0.232 e. The zero-order valence-corrected chi connectivity index (χ0v) is 34.3. The lowest BCUT2D eigenvalue weighted by Gasteiger charge is -2.30. The van der Waals surface area contributed by atoms with E-state index in [9.17, 15) is 19.2 Å². The number of rotatable bonds is 10. The van der Waals surface area contributed by atoms with Crippen molar-refractivity contribution in [3.05, 3.63) is 83.5 Å². The van der Waals surface area contributed by atoms with E-state index in [1.807, 2.05) is 46.2 Å². The van der Waals surface area contributed by atoms with Crippen LogP contribution in [0, 0.1) is 0 Å². The Kier molecular flexibility index (Phi) is 13.3. The average Bonchev–Trinajstić information content (AvgIpc) is 3.76. The fourth-order valence-corrected chi connectivity index (χ4v) is 8.57. The second-order valence-corrected chi connectivity index (χ2v) is 16.2. The molecule has 0 aromatic heterocycles. The summed E-state index contributed by atoms with van der Waals surface area (Å²) in [5, 5.41) is 0. The quantitative estimate of drug-likeness (QED) is 0.354. The third-order valence-electron chi connectivity index (χ3n) is 11.2. The van der Waals surface area contributed by atoms with Crippen molar-refractivity contribution in [1.29, 1.82) is 0 Å². The molecule has 308 valence electrons. The van der Waals surface area contributed by atoms with Crippen LogP contribution in [0.25, 0.3) is 0 Å². The molecule has 6 heterocycles. The van der Waals surface area contributed by atoms with Crippen LogP contribution in [0.4, 0.5) is 11.4 Å². The molecule has 2 atom stereocenters. The van der Waals surface area contributed by atoms with Crippen LogP contribution in [-0.2, 0) is 28.7 Å². The fourth-order valence-electron chi connectivity index (χ4n) is 8.57. The van der Waals surface area contributed by atoms with Crippen LogP contribution in [0.1, 0.15) is 48.6 Å². The molecule has 14 heteroatoms. The lowest BCUT2D eigenvalue weighted by molar-refractivity contribution is -0.118. The number of benzene rings is 2. The number of aliphatic imine (C=N–C) groups is 2. The highest BCUT2D eigenvalue weighted by molar-refractivity contribution is 6.17. The molecule has 0 spiro atoms. The molecule has 14 nitrogen and oxygen atoms in total. The molecule has 2 saturated heterocycles. The number of likely N-dealkylation sites (N-methyl/N-ethyl adjacent to an activating group) is 2. The van der Waals surface area contributed by atoms with Gasteiger partial charge in [0.05, 0.1) is 39.3 Å². The third kappa shape index (κ3) is 9.98. The number of allylic oxidation sites excluding steroid dienone is 2. The van der Waals surface area contributed by atoms with Gasteiger partial charge in [0, 0.05) is 112 Å². The first-order valence-electron chi connectivity index (χ1n) is 20.4. The van der Waals surface area contributed by atoms with Gasteiger partial charge in [-0.25, -0.2) is 9.98 Å². The number of amides is 2. The lowest BCUT2D eigenvalue weighted by Crippen LogP contribution is -2.37. The maximum absolute atomic E-state index is 13.2. The highest BCUT2D eigenvalue weighted by Crippen LogP contribution is 2.38. The van der Waals surface area contributed by atoms with Gasteiger partial charge in [-0.05, 0) is 51.5 Å². The summed E-state index contributed by atoms with van der Waals surface area (Å²) in [7, 11) is 8.20. The molecule has 8 rings (SSSR count). The fraction of sp³-hybridized carbons (Fsp3) is 0.500. The van der Waals surface area contributed by atoms with Crippen molar-refractivity contribution in [2.24, 2.45) is 9.98 Å². The first-order chi connectivity index (χ1) is 28.0. The average molecular weight is 793 g/mol. The van der Waals surface area contributed by atoms with E-state index in [-0.39, 0.29) is 49.1 Å². The van der Waals surface area contributed by atoms with Crippen molar-refractivity contribution in [3.8, 4) is 0 Å². The molecule has 6 aliphatic rings. The minimum Gasteiger partial charge on any atom is -0.378 e. The van der Waals surface area contributed by atoms with E-state index in [1.165, 1.54) is 11.1 Å². The Morgan fingerprint density at radius 3 is 1.38 bits per heavy atom. The van der Waals surface area contributed by atoms with Crippen molar-refractivity contribution >= 4 is 46.2 Å². The molecule has 58 heavy (non-hydrogen) atoms. The van der Waals surface area contributed by atoms with Crippen LogP contribution in [0.2, 0.25) is 0 Å². The molecule has 2 amide bonds. The minimum absolute atomic E-state index is 0.00786. The SMILES string of the molecule is CN(C)C[C@@H]1CN(C(=O)CC2=NC(N3CCOCC3)=CC(=O)C2)c2ccccc21.CN(C)C[C@H]1CN(C(=O)CC2=NC(N3CCOCC3)=CC(=O)C2)c2ccccc21. The normalized spacial score (nSPS) is 21.9. The number of carbonyl (C=O) groups is 4. The molecule has 0 unspecified atom stereocenters. The second kappa shape index (κ2) is 18.7. The number of anilines is 2. The van der Waals surface area contributed by atoms with Crippen LogP contribution in [-0.4, -0.2) is 161 Å². The van der Waals surface area contributed by atoms with E-state index in [2.05, 4.69) is 69.9 Å². The van der Waals surface area contributed by atoms with Gasteiger partial charge in [-0.2, -0.15) is 0 Å². The van der Waals surface area contributed by atoms with Crippen LogP contribution in [0.15, 0.2) is 82.3 Å². The molecule has 0 aliphatic carbocycles. The molecule has 6 aliphatic heterocycles. The summed E-state index contributed by atoms with van der Waals surface area (Å²) >= 11 is 0. The van der Waals surface area contributed by atoms with E-state index in [1.54, 1.807) is 12.2 Å². The van der Waals surface area contributed by atoms with Crippen LogP contribution in [0.5, 0.6) is 0 Å². The highest BCUT2D eigenvalue weighted by Gasteiger charge is 2.35. The number of hydrogen-bond acceptors (Lipinski definition) is 12. The minimum atomic E-state index is 0.00786. The van der Waals surface area contributed by atoms with E-state index >= 15 is 0 Å². The number of para-hydroxylation sites is 2. The number of carbonyl (C=O) groups excluding carboxylic acids is 4. The summed E-state index contributed by atoms with van der Waals surface area (Å²) in [6.45, 7) is 8.53. The molecular weight excluding hydrogens is 737 g/mol. The van der Waals surface area contributed by atoms with Gasteiger partial charge in [0.2, 0.25) is 11.8 Å². The van der Waals surface area contributed by atoms with Gasteiger partial charge in [0.1, 0.15) is 11.6 Å².